The number of aryl methyl sites for hydroxylation is 1. The fourth-order valence-corrected chi connectivity index (χ4v) is 13.4. The Morgan fingerprint density at radius 2 is 1.39 bits per heavy atom. The SMILES string of the molecule is CCCNC(=O)CCSSC(C)(C)CN(CCOCCOCCOC)c1cc(COc2cc3c(cc2C)C(=O)N2Cc4ccccc4C[C@H]2CN3)cc(COc2cc3c(cc2OC)C(=O)N2Cc4ccccc4C[C@H]2CN3C)c1. The number of likely N-dealkylation sites (N-methyl/N-ethyl adjacent to an activating group) is 1. The molecule has 0 bridgehead atoms. The minimum atomic E-state index is -0.243. The molecule has 4 aliphatic rings. The quantitative estimate of drug-likeness (QED) is 0.0401. The molecular weight excluding hydrogens is 1040 g/mol. The number of hydrogen-bond donors (Lipinski definition) is 2. The van der Waals surface area contributed by atoms with Gasteiger partial charge in [-0.25, -0.2) is 0 Å². The van der Waals surface area contributed by atoms with E-state index in [0.717, 1.165) is 53.0 Å². The number of amides is 3. The standard InChI is InChI=1S/C62H78N6O9S2/c1-8-18-63-59(69)17-25-78-79-62(3,4)41-66(19-20-74-23-24-75-22-21-72-6)49-28-43(39-76-56-33-54-52(26-42(56)2)60(70)67-36-47-15-11-9-13-45(47)30-50(67)35-64-54)27-44(29-49)40-77-58-34-55-53(32-57(58)73-7)61(71)68-37-48-16-12-10-14-46(48)31-51(68)38-65(55)5/h9-16,26-29,32-34,50-51,64H,8,17-25,30-31,35-41H2,1-7H3,(H,63,69)/t50-,51-/m0/s1. The van der Waals surface area contributed by atoms with Gasteiger partial charge in [0.15, 0.2) is 11.5 Å². The normalized spacial score (nSPS) is 16.5. The number of carbonyl (C=O) groups excluding carboxylic acids is 3. The summed E-state index contributed by atoms with van der Waals surface area (Å²) in [5, 5.41) is 6.61. The summed E-state index contributed by atoms with van der Waals surface area (Å²) in [5.74, 6) is 2.48. The van der Waals surface area contributed by atoms with Crippen LogP contribution in [-0.2, 0) is 58.2 Å². The molecule has 422 valence electrons. The fourth-order valence-electron chi connectivity index (χ4n) is 11.0. The number of anilines is 3. The van der Waals surface area contributed by atoms with Crippen LogP contribution in [0.5, 0.6) is 17.2 Å². The molecule has 0 saturated heterocycles. The summed E-state index contributed by atoms with van der Waals surface area (Å²) in [6.07, 6.45) is 2.96. The van der Waals surface area contributed by atoms with Gasteiger partial charge in [-0.3, -0.25) is 14.4 Å². The number of methoxy groups -OCH3 is 2. The largest absolute Gasteiger partial charge is 0.493 e. The van der Waals surface area contributed by atoms with E-state index < -0.39 is 0 Å². The Morgan fingerprint density at radius 3 is 2.08 bits per heavy atom. The molecule has 17 heteroatoms. The number of carbonyl (C=O) groups is 3. The van der Waals surface area contributed by atoms with Crippen molar-refractivity contribution in [1.29, 1.82) is 0 Å². The minimum absolute atomic E-state index is 0.0189. The van der Waals surface area contributed by atoms with Crippen molar-refractivity contribution in [1.82, 2.24) is 15.1 Å². The van der Waals surface area contributed by atoms with E-state index in [9.17, 15) is 14.4 Å². The van der Waals surface area contributed by atoms with Gasteiger partial charge in [-0.1, -0.05) is 77.0 Å². The van der Waals surface area contributed by atoms with Crippen molar-refractivity contribution >= 4 is 56.4 Å². The van der Waals surface area contributed by atoms with Crippen LogP contribution in [0.2, 0.25) is 0 Å². The van der Waals surface area contributed by atoms with E-state index in [1.165, 1.54) is 22.3 Å². The predicted molar refractivity (Wildman–Crippen MR) is 316 cm³/mol. The zero-order valence-electron chi connectivity index (χ0n) is 47.0. The molecule has 0 spiro atoms. The van der Waals surface area contributed by atoms with Crippen LogP contribution in [0.1, 0.15) is 93.3 Å². The van der Waals surface area contributed by atoms with Crippen molar-refractivity contribution in [3.63, 3.8) is 0 Å². The molecule has 0 fully saturated rings. The third-order valence-electron chi connectivity index (χ3n) is 15.1. The first kappa shape index (κ1) is 57.6. The second-order valence-electron chi connectivity index (χ2n) is 21.6. The Bertz CT molecular complexity index is 2940. The molecule has 2 N–H and O–H groups in total. The number of nitrogens with zero attached hydrogens (tertiary/aromatic N) is 4. The van der Waals surface area contributed by atoms with E-state index in [2.05, 4.69) is 95.8 Å². The molecule has 79 heavy (non-hydrogen) atoms. The number of nitrogens with one attached hydrogen (secondary N) is 2. The summed E-state index contributed by atoms with van der Waals surface area (Å²) in [6, 6.07) is 31.0. The number of rotatable bonds is 26. The van der Waals surface area contributed by atoms with Crippen LogP contribution in [0.3, 0.4) is 0 Å². The average molecular weight is 1120 g/mol. The van der Waals surface area contributed by atoms with Gasteiger partial charge in [0.25, 0.3) is 11.8 Å². The van der Waals surface area contributed by atoms with Crippen molar-refractivity contribution in [3.8, 4) is 17.2 Å². The van der Waals surface area contributed by atoms with Crippen LogP contribution in [0.15, 0.2) is 91.0 Å². The molecule has 5 aromatic rings. The van der Waals surface area contributed by atoms with Gasteiger partial charge in [0.2, 0.25) is 5.91 Å². The van der Waals surface area contributed by atoms with Crippen LogP contribution in [-0.4, -0.2) is 137 Å². The first-order valence-corrected chi connectivity index (χ1v) is 30.1. The summed E-state index contributed by atoms with van der Waals surface area (Å²) in [4.78, 5) is 49.7. The van der Waals surface area contributed by atoms with Gasteiger partial charge < -0.3 is 58.7 Å². The maximum Gasteiger partial charge on any atom is 0.256 e. The molecule has 5 aromatic carbocycles. The fraction of sp³-hybridized carbons (Fsp3) is 0.468. The van der Waals surface area contributed by atoms with Crippen molar-refractivity contribution in [2.24, 2.45) is 0 Å². The van der Waals surface area contributed by atoms with Gasteiger partial charge in [0.1, 0.15) is 19.0 Å². The molecular formula is C62H78N6O9S2. The Hall–Kier alpha value is -6.11. The molecule has 0 unspecified atom stereocenters. The highest BCUT2D eigenvalue weighted by molar-refractivity contribution is 8.77. The van der Waals surface area contributed by atoms with Crippen LogP contribution in [0.25, 0.3) is 0 Å². The molecule has 2 atom stereocenters. The van der Waals surface area contributed by atoms with E-state index in [1.807, 2.05) is 60.2 Å². The van der Waals surface area contributed by atoms with Crippen LogP contribution < -0.4 is 34.6 Å². The predicted octanol–water partition coefficient (Wildman–Crippen LogP) is 9.73. The second-order valence-corrected chi connectivity index (χ2v) is 24.7. The van der Waals surface area contributed by atoms with Crippen molar-refractivity contribution < 1.29 is 42.8 Å². The molecule has 9 rings (SSSR count). The van der Waals surface area contributed by atoms with E-state index in [0.29, 0.717) is 119 Å². The molecule has 4 heterocycles. The lowest BCUT2D eigenvalue weighted by Crippen LogP contribution is -2.47. The van der Waals surface area contributed by atoms with E-state index >= 15 is 0 Å². The van der Waals surface area contributed by atoms with Crippen LogP contribution in [0, 0.1) is 6.92 Å². The Balaban J connectivity index is 0.987. The van der Waals surface area contributed by atoms with Gasteiger partial charge in [-0.2, -0.15) is 0 Å². The van der Waals surface area contributed by atoms with Crippen molar-refractivity contribution in [3.05, 3.63) is 141 Å². The topological polar surface area (TPSA) is 144 Å². The van der Waals surface area contributed by atoms with Gasteiger partial charge in [0, 0.05) is 94.7 Å². The van der Waals surface area contributed by atoms with E-state index in [4.69, 9.17) is 28.4 Å². The molecule has 15 nitrogen and oxygen atoms in total. The van der Waals surface area contributed by atoms with Crippen molar-refractivity contribution in [2.45, 2.75) is 96.5 Å². The Morgan fingerprint density at radius 1 is 0.759 bits per heavy atom. The van der Waals surface area contributed by atoms with Crippen LogP contribution >= 0.6 is 21.6 Å². The van der Waals surface area contributed by atoms with Crippen molar-refractivity contribution in [2.75, 3.05) is 108 Å². The van der Waals surface area contributed by atoms with Gasteiger partial charge in [0.05, 0.1) is 74.7 Å². The third-order valence-corrected chi connectivity index (χ3v) is 18.3. The summed E-state index contributed by atoms with van der Waals surface area (Å²) >= 11 is 0. The van der Waals surface area contributed by atoms with Gasteiger partial charge >= 0.3 is 0 Å². The first-order chi connectivity index (χ1) is 38.3. The maximum absolute atomic E-state index is 14.4. The number of fused-ring (bicyclic) bond motifs is 6. The molecule has 3 amide bonds. The molecule has 0 saturated carbocycles. The number of hydrogen-bond acceptors (Lipinski definition) is 14. The average Bonchev–Trinajstić information content (AvgIpc) is 3.69. The number of benzene rings is 5. The maximum atomic E-state index is 14.4. The Labute approximate surface area is 474 Å². The number of ether oxygens (including phenoxy) is 6. The monoisotopic (exact) mass is 1110 g/mol. The zero-order chi connectivity index (χ0) is 55.5. The lowest BCUT2D eigenvalue weighted by atomic mass is 9.93. The highest BCUT2D eigenvalue weighted by Crippen LogP contribution is 2.42. The highest BCUT2D eigenvalue weighted by atomic mass is 33.1. The summed E-state index contributed by atoms with van der Waals surface area (Å²) < 4.78 is 36.3. The van der Waals surface area contributed by atoms with Crippen LogP contribution in [0.4, 0.5) is 17.1 Å². The minimum Gasteiger partial charge on any atom is -0.493 e. The molecule has 0 aromatic heterocycles. The lowest BCUT2D eigenvalue weighted by molar-refractivity contribution is -0.120. The van der Waals surface area contributed by atoms with E-state index in [1.54, 1.807) is 35.8 Å². The molecule has 4 aliphatic heterocycles. The van der Waals surface area contributed by atoms with Gasteiger partial charge in [-0.15, -0.1) is 0 Å². The summed E-state index contributed by atoms with van der Waals surface area (Å²) in [7, 11) is 8.81. The second kappa shape index (κ2) is 26.9. The lowest BCUT2D eigenvalue weighted by Gasteiger charge is -2.36. The highest BCUT2D eigenvalue weighted by Gasteiger charge is 2.37. The Kier molecular flexibility index (Phi) is 19.6. The summed E-state index contributed by atoms with van der Waals surface area (Å²) in [6.45, 7) is 15.8. The van der Waals surface area contributed by atoms with Gasteiger partial charge in [-0.05, 0) is 109 Å². The zero-order valence-corrected chi connectivity index (χ0v) is 48.7. The molecule has 0 aliphatic carbocycles. The summed E-state index contributed by atoms with van der Waals surface area (Å²) in [5.41, 5.74) is 11.4. The smallest absolute Gasteiger partial charge is 0.256 e. The third kappa shape index (κ3) is 14.4. The first-order valence-electron chi connectivity index (χ1n) is 27.7. The van der Waals surface area contributed by atoms with E-state index in [-0.39, 0.29) is 47.8 Å². The molecule has 0 radical (unpaired) electrons.